The van der Waals surface area contributed by atoms with Gasteiger partial charge in [0.25, 0.3) is 5.56 Å². The van der Waals surface area contributed by atoms with Crippen molar-refractivity contribution >= 4 is 23.4 Å². The molecule has 0 saturated heterocycles. The number of hydrogen-bond donors (Lipinski definition) is 2. The Balaban J connectivity index is 1.57. The van der Waals surface area contributed by atoms with Crippen molar-refractivity contribution in [3.8, 4) is 5.75 Å². The van der Waals surface area contributed by atoms with Crippen molar-refractivity contribution in [1.82, 2.24) is 20.1 Å². The number of nitrogens with zero attached hydrogens (tertiary/aromatic N) is 3. The average Bonchev–Trinajstić information content (AvgIpc) is 3.14. The minimum Gasteiger partial charge on any atom is -0.495 e. The Morgan fingerprint density at radius 2 is 2.14 bits per heavy atom. The molecule has 0 radical (unpaired) electrons. The predicted molar refractivity (Wildman–Crippen MR) is 108 cm³/mol. The molecule has 0 bridgehead atoms. The molecule has 3 rings (SSSR count). The van der Waals surface area contributed by atoms with Crippen LogP contribution in [-0.4, -0.2) is 33.1 Å². The van der Waals surface area contributed by atoms with Crippen molar-refractivity contribution in [3.05, 3.63) is 58.1 Å². The molecule has 2 heterocycles. The van der Waals surface area contributed by atoms with Gasteiger partial charge in [0.05, 0.1) is 25.0 Å². The van der Waals surface area contributed by atoms with E-state index in [2.05, 4.69) is 25.4 Å². The van der Waals surface area contributed by atoms with Crippen LogP contribution in [0.25, 0.3) is 0 Å². The van der Waals surface area contributed by atoms with E-state index in [1.54, 1.807) is 18.2 Å². The lowest BCUT2D eigenvalue weighted by molar-refractivity contribution is -0.115. The highest BCUT2D eigenvalue weighted by Gasteiger charge is 2.14. The summed E-state index contributed by atoms with van der Waals surface area (Å²) < 4.78 is 10.4. The second-order valence-electron chi connectivity index (χ2n) is 6.11. The number of anilines is 1. The van der Waals surface area contributed by atoms with Crippen LogP contribution in [0.1, 0.15) is 30.8 Å². The van der Waals surface area contributed by atoms with Gasteiger partial charge < -0.3 is 19.6 Å². The molecule has 2 N–H and O–H groups in total. The third-order valence-electron chi connectivity index (χ3n) is 3.82. The third kappa shape index (κ3) is 5.92. The van der Waals surface area contributed by atoms with Gasteiger partial charge in [-0.1, -0.05) is 42.4 Å². The molecular weight excluding hydrogens is 394 g/mol. The summed E-state index contributed by atoms with van der Waals surface area (Å²) >= 11 is 1.29. The van der Waals surface area contributed by atoms with Gasteiger partial charge in [0, 0.05) is 11.8 Å². The molecule has 3 aromatic rings. The van der Waals surface area contributed by atoms with Crippen LogP contribution in [0.3, 0.4) is 0 Å². The molecule has 0 spiro atoms. The smallest absolute Gasteiger partial charge is 0.251 e. The zero-order valence-electron chi connectivity index (χ0n) is 16.1. The molecule has 1 aromatic carbocycles. The number of para-hydroxylation sites is 2. The van der Waals surface area contributed by atoms with E-state index >= 15 is 0 Å². The number of aromatic nitrogens is 4. The highest BCUT2D eigenvalue weighted by Crippen LogP contribution is 2.23. The first-order chi connectivity index (χ1) is 14.1. The summed E-state index contributed by atoms with van der Waals surface area (Å²) in [4.78, 5) is 35.2. The van der Waals surface area contributed by atoms with E-state index in [1.165, 1.54) is 24.9 Å². The van der Waals surface area contributed by atoms with Gasteiger partial charge in [-0.25, -0.2) is 4.98 Å². The average molecular weight is 415 g/mol. The molecule has 10 heteroatoms. The number of amides is 1. The summed E-state index contributed by atoms with van der Waals surface area (Å²) in [5, 5.41) is 7.09. The highest BCUT2D eigenvalue weighted by atomic mass is 32.2. The molecule has 1 amide bonds. The molecule has 2 aromatic heterocycles. The lowest BCUT2D eigenvalue weighted by Gasteiger charge is -2.08. The third-order valence-corrected chi connectivity index (χ3v) is 4.68. The van der Waals surface area contributed by atoms with Gasteiger partial charge in [0.15, 0.2) is 11.0 Å². The molecule has 0 aliphatic heterocycles. The zero-order chi connectivity index (χ0) is 20.6. The fraction of sp³-hybridized carbons (Fsp3) is 0.316. The first-order valence-corrected chi connectivity index (χ1v) is 10.0. The summed E-state index contributed by atoms with van der Waals surface area (Å²) in [6.07, 6.45) is 1.61. The monoisotopic (exact) mass is 415 g/mol. The van der Waals surface area contributed by atoms with E-state index in [0.29, 0.717) is 28.2 Å². The van der Waals surface area contributed by atoms with Gasteiger partial charge in [-0.3, -0.25) is 9.59 Å². The van der Waals surface area contributed by atoms with Crippen LogP contribution in [0.2, 0.25) is 0 Å². The second-order valence-corrected chi connectivity index (χ2v) is 7.07. The maximum Gasteiger partial charge on any atom is 0.251 e. The molecule has 0 aliphatic carbocycles. The molecule has 0 saturated carbocycles. The summed E-state index contributed by atoms with van der Waals surface area (Å²) in [5.41, 5.74) is 1.13. The number of ether oxygens (including phenoxy) is 1. The van der Waals surface area contributed by atoms with Crippen LogP contribution < -0.4 is 15.6 Å². The van der Waals surface area contributed by atoms with Gasteiger partial charge in [-0.05, 0) is 18.6 Å². The van der Waals surface area contributed by atoms with E-state index in [1.807, 2.05) is 13.0 Å². The second kappa shape index (κ2) is 9.87. The summed E-state index contributed by atoms with van der Waals surface area (Å²) in [5.74, 6) is 1.23. The summed E-state index contributed by atoms with van der Waals surface area (Å²) in [7, 11) is 1.54. The van der Waals surface area contributed by atoms with Crippen molar-refractivity contribution in [2.75, 3.05) is 12.4 Å². The molecule has 152 valence electrons. The standard InChI is InChI=1S/C19H21N5O4S/c1-3-6-12-9-16(25)23-19(20-12)29-11-18-22-15(24-28-18)10-17(26)21-13-7-4-5-8-14(13)27-2/h4-5,7-9H,3,6,10-11H2,1-2H3,(H,21,26)(H,20,23,25). The molecule has 9 nitrogen and oxygen atoms in total. The van der Waals surface area contributed by atoms with E-state index in [4.69, 9.17) is 9.26 Å². The lowest BCUT2D eigenvalue weighted by atomic mass is 10.2. The number of hydrogen-bond acceptors (Lipinski definition) is 8. The van der Waals surface area contributed by atoms with Crippen molar-refractivity contribution in [2.24, 2.45) is 0 Å². The summed E-state index contributed by atoms with van der Waals surface area (Å²) in [6.45, 7) is 2.03. The normalized spacial score (nSPS) is 10.7. The van der Waals surface area contributed by atoms with Crippen LogP contribution in [-0.2, 0) is 23.4 Å². The van der Waals surface area contributed by atoms with Crippen molar-refractivity contribution in [1.29, 1.82) is 0 Å². The topological polar surface area (TPSA) is 123 Å². The van der Waals surface area contributed by atoms with Gasteiger partial charge >= 0.3 is 0 Å². The van der Waals surface area contributed by atoms with Crippen molar-refractivity contribution in [2.45, 2.75) is 37.1 Å². The number of benzene rings is 1. The molecule has 29 heavy (non-hydrogen) atoms. The van der Waals surface area contributed by atoms with Gasteiger partial charge in [0.2, 0.25) is 11.8 Å². The number of thioether (sulfide) groups is 1. The number of rotatable bonds is 9. The van der Waals surface area contributed by atoms with Crippen LogP contribution in [0.4, 0.5) is 5.69 Å². The van der Waals surface area contributed by atoms with E-state index < -0.39 is 0 Å². The van der Waals surface area contributed by atoms with Crippen LogP contribution in [0.5, 0.6) is 5.75 Å². The number of nitrogens with one attached hydrogen (secondary N) is 2. The van der Waals surface area contributed by atoms with Gasteiger partial charge in [0.1, 0.15) is 5.75 Å². The highest BCUT2D eigenvalue weighted by molar-refractivity contribution is 7.98. The number of carbonyl (C=O) groups excluding carboxylic acids is 1. The zero-order valence-corrected chi connectivity index (χ0v) is 16.9. The summed E-state index contributed by atoms with van der Waals surface area (Å²) in [6, 6.07) is 8.62. The Kier molecular flexibility index (Phi) is 7.01. The van der Waals surface area contributed by atoms with Gasteiger partial charge in [-0.2, -0.15) is 4.98 Å². The quantitative estimate of drug-likeness (QED) is 0.404. The number of methoxy groups -OCH3 is 1. The van der Waals surface area contributed by atoms with Gasteiger partial charge in [-0.15, -0.1) is 0 Å². The van der Waals surface area contributed by atoms with Crippen molar-refractivity contribution < 1.29 is 14.1 Å². The first kappa shape index (κ1) is 20.6. The number of H-pyrrole nitrogens is 1. The van der Waals surface area contributed by atoms with E-state index in [0.717, 1.165) is 18.5 Å². The molecule has 0 aliphatic rings. The maximum absolute atomic E-state index is 12.2. The largest absolute Gasteiger partial charge is 0.495 e. The SMILES string of the molecule is CCCc1cc(=O)[nH]c(SCc2nc(CC(=O)Nc3ccccc3OC)no2)n1. The minimum atomic E-state index is -0.284. The van der Waals surface area contributed by atoms with E-state index in [-0.39, 0.29) is 23.7 Å². The first-order valence-electron chi connectivity index (χ1n) is 9.04. The molecular formula is C19H21N5O4S. The number of aryl methyl sites for hydroxylation is 1. The Hall–Kier alpha value is -3.14. The Morgan fingerprint density at radius 3 is 2.93 bits per heavy atom. The Morgan fingerprint density at radius 1 is 1.31 bits per heavy atom. The lowest BCUT2D eigenvalue weighted by Crippen LogP contribution is -2.15. The molecule has 0 fully saturated rings. The van der Waals surface area contributed by atoms with Crippen LogP contribution in [0, 0.1) is 0 Å². The Labute approximate surface area is 171 Å². The number of carbonyl (C=O) groups is 1. The number of aromatic amines is 1. The molecule has 0 unspecified atom stereocenters. The Bertz CT molecular complexity index is 1030. The van der Waals surface area contributed by atoms with E-state index in [9.17, 15) is 9.59 Å². The maximum atomic E-state index is 12.2. The minimum absolute atomic E-state index is 0.0344. The molecule has 0 atom stereocenters. The fourth-order valence-corrected chi connectivity index (χ4v) is 3.30. The van der Waals surface area contributed by atoms with Crippen LogP contribution in [0.15, 0.2) is 44.8 Å². The van der Waals surface area contributed by atoms with Crippen LogP contribution >= 0.6 is 11.8 Å². The fourth-order valence-electron chi connectivity index (χ4n) is 2.57. The predicted octanol–water partition coefficient (Wildman–Crippen LogP) is 2.59. The van der Waals surface area contributed by atoms with Crippen molar-refractivity contribution in [3.63, 3.8) is 0 Å².